The summed E-state index contributed by atoms with van der Waals surface area (Å²) in [6.45, 7) is 1.42. The van der Waals surface area contributed by atoms with Gasteiger partial charge in [-0.15, -0.1) is 0 Å². The molecule has 2 rings (SSSR count). The zero-order valence-corrected chi connectivity index (χ0v) is 12.8. The number of sulfone groups is 1. The molecule has 0 amide bonds. The number of ether oxygens (including phenoxy) is 1. The Hall–Kier alpha value is -1.08. The van der Waals surface area contributed by atoms with E-state index in [4.69, 9.17) is 10.5 Å². The lowest BCUT2D eigenvalue weighted by Crippen LogP contribution is -2.19. The average molecular weight is 348 g/mol. The molecule has 1 saturated heterocycles. The summed E-state index contributed by atoms with van der Waals surface area (Å²) in [5.74, 6) is 0.185. The van der Waals surface area contributed by atoms with Crippen molar-refractivity contribution >= 4 is 37.2 Å². The zero-order valence-electron chi connectivity index (χ0n) is 10.3. The third-order valence-electron chi connectivity index (χ3n) is 2.94. The van der Waals surface area contributed by atoms with Crippen LogP contribution in [-0.2, 0) is 9.84 Å². The molecule has 1 unspecified atom stereocenters. The second kappa shape index (κ2) is 5.13. The zero-order chi connectivity index (χ0) is 14.2. The number of anilines is 1. The number of hydrogen-bond donors (Lipinski definition) is 1. The number of halogens is 1. The molecular formula is C12H14BrNO4S. The van der Waals surface area contributed by atoms with Gasteiger partial charge >= 0.3 is 0 Å². The van der Waals surface area contributed by atoms with E-state index in [1.54, 1.807) is 12.1 Å². The summed E-state index contributed by atoms with van der Waals surface area (Å²) in [4.78, 5) is 11.6. The molecule has 1 atom stereocenters. The fourth-order valence-electron chi connectivity index (χ4n) is 2.03. The third-order valence-corrected chi connectivity index (χ3v) is 5.13. The number of benzene rings is 1. The molecular weight excluding hydrogens is 334 g/mol. The van der Waals surface area contributed by atoms with Gasteiger partial charge in [0.1, 0.15) is 6.10 Å². The third kappa shape index (κ3) is 3.27. The number of carbonyl (C=O) groups excluding carboxylic acids is 1. The van der Waals surface area contributed by atoms with Gasteiger partial charge in [0.15, 0.2) is 21.4 Å². The summed E-state index contributed by atoms with van der Waals surface area (Å²) in [6, 6.07) is 3.25. The quantitative estimate of drug-likeness (QED) is 0.665. The Bertz CT molecular complexity index is 627. The van der Waals surface area contributed by atoms with Crippen molar-refractivity contribution in [1.29, 1.82) is 0 Å². The van der Waals surface area contributed by atoms with E-state index < -0.39 is 15.9 Å². The minimum absolute atomic E-state index is 0.0279. The van der Waals surface area contributed by atoms with Gasteiger partial charge in [-0.05, 0) is 25.5 Å². The van der Waals surface area contributed by atoms with E-state index >= 15 is 0 Å². The maximum absolute atomic E-state index is 11.6. The molecule has 0 radical (unpaired) electrons. The SMILES string of the molecule is CC(=O)c1cc(Br)cc(N)c1OC1CCS(=O)(=O)C1. The highest BCUT2D eigenvalue weighted by atomic mass is 79.9. The number of Topliss-reactive ketones (excluding diaryl/α,β-unsaturated/α-hetero) is 1. The van der Waals surface area contributed by atoms with Crippen molar-refractivity contribution in [2.24, 2.45) is 0 Å². The second-order valence-corrected chi connectivity index (χ2v) is 7.72. The number of ketones is 1. The molecule has 0 bridgehead atoms. The van der Waals surface area contributed by atoms with Crippen LogP contribution in [0.25, 0.3) is 0 Å². The van der Waals surface area contributed by atoms with Crippen molar-refractivity contribution in [1.82, 2.24) is 0 Å². The van der Waals surface area contributed by atoms with Gasteiger partial charge in [-0.25, -0.2) is 8.42 Å². The monoisotopic (exact) mass is 347 g/mol. The second-order valence-electron chi connectivity index (χ2n) is 4.57. The van der Waals surface area contributed by atoms with Crippen LogP contribution >= 0.6 is 15.9 Å². The first-order chi connectivity index (χ1) is 8.78. The van der Waals surface area contributed by atoms with Crippen molar-refractivity contribution in [3.05, 3.63) is 22.2 Å². The van der Waals surface area contributed by atoms with Crippen LogP contribution in [-0.4, -0.2) is 31.8 Å². The summed E-state index contributed by atoms with van der Waals surface area (Å²) in [6.07, 6.45) is -0.0126. The van der Waals surface area contributed by atoms with E-state index in [0.717, 1.165) is 0 Å². The van der Waals surface area contributed by atoms with Crippen molar-refractivity contribution in [3.8, 4) is 5.75 Å². The molecule has 0 saturated carbocycles. The Kier molecular flexibility index (Phi) is 3.87. The Morgan fingerprint density at radius 1 is 1.47 bits per heavy atom. The number of nitrogens with two attached hydrogens (primary N) is 1. The summed E-state index contributed by atoms with van der Waals surface area (Å²) in [5, 5.41) is 0. The molecule has 1 aromatic rings. The van der Waals surface area contributed by atoms with Crippen LogP contribution in [0, 0.1) is 0 Å². The molecule has 1 aliphatic rings. The number of nitrogen functional groups attached to an aromatic ring is 1. The highest BCUT2D eigenvalue weighted by molar-refractivity contribution is 9.10. The van der Waals surface area contributed by atoms with Crippen LogP contribution < -0.4 is 10.5 Å². The van der Waals surface area contributed by atoms with Crippen molar-refractivity contribution in [3.63, 3.8) is 0 Å². The lowest BCUT2D eigenvalue weighted by molar-refractivity contribution is 0.101. The lowest BCUT2D eigenvalue weighted by atomic mass is 10.1. The van der Waals surface area contributed by atoms with E-state index in [1.165, 1.54) is 6.92 Å². The topological polar surface area (TPSA) is 86.5 Å². The van der Waals surface area contributed by atoms with Gasteiger partial charge in [0.05, 0.1) is 22.8 Å². The summed E-state index contributed by atoms with van der Waals surface area (Å²) < 4.78 is 29.1. The molecule has 104 valence electrons. The molecule has 1 heterocycles. The van der Waals surface area contributed by atoms with E-state index in [2.05, 4.69) is 15.9 Å². The Balaban J connectivity index is 2.32. The minimum Gasteiger partial charge on any atom is -0.486 e. The fraction of sp³-hybridized carbons (Fsp3) is 0.417. The van der Waals surface area contributed by atoms with E-state index in [9.17, 15) is 13.2 Å². The predicted octanol–water partition coefficient (Wildman–Crippen LogP) is 1.80. The molecule has 1 fully saturated rings. The maximum atomic E-state index is 11.6. The first-order valence-electron chi connectivity index (χ1n) is 5.75. The number of carbonyl (C=O) groups is 1. The standard InChI is InChI=1S/C12H14BrNO4S/c1-7(15)10-4-8(13)5-11(14)12(10)18-9-2-3-19(16,17)6-9/h4-5,9H,2-3,6,14H2,1H3. The Morgan fingerprint density at radius 2 is 2.16 bits per heavy atom. The van der Waals surface area contributed by atoms with Crippen LogP contribution in [0.1, 0.15) is 23.7 Å². The average Bonchev–Trinajstić information content (AvgIpc) is 2.61. The summed E-state index contributed by atoms with van der Waals surface area (Å²) in [5.41, 5.74) is 6.53. The number of rotatable bonds is 3. The van der Waals surface area contributed by atoms with Gasteiger partial charge in [-0.1, -0.05) is 15.9 Å². The van der Waals surface area contributed by atoms with Crippen molar-refractivity contribution in [2.45, 2.75) is 19.4 Å². The Labute approximate surface area is 120 Å². The van der Waals surface area contributed by atoms with Crippen molar-refractivity contribution < 1.29 is 17.9 Å². The Morgan fingerprint density at radius 3 is 2.68 bits per heavy atom. The summed E-state index contributed by atoms with van der Waals surface area (Å²) in [7, 11) is -3.03. The van der Waals surface area contributed by atoms with Crippen LogP contribution in [0.5, 0.6) is 5.75 Å². The first-order valence-corrected chi connectivity index (χ1v) is 8.37. The molecule has 7 heteroatoms. The molecule has 19 heavy (non-hydrogen) atoms. The maximum Gasteiger partial charge on any atom is 0.163 e. The smallest absolute Gasteiger partial charge is 0.163 e. The predicted molar refractivity (Wildman–Crippen MR) is 76.2 cm³/mol. The highest BCUT2D eigenvalue weighted by Crippen LogP contribution is 2.33. The van der Waals surface area contributed by atoms with Gasteiger partial charge in [-0.2, -0.15) is 0 Å². The lowest BCUT2D eigenvalue weighted by Gasteiger charge is -2.17. The van der Waals surface area contributed by atoms with Gasteiger partial charge in [0.2, 0.25) is 0 Å². The van der Waals surface area contributed by atoms with Gasteiger partial charge in [0, 0.05) is 4.47 Å². The molecule has 0 aromatic heterocycles. The number of hydrogen-bond acceptors (Lipinski definition) is 5. The summed E-state index contributed by atoms with van der Waals surface area (Å²) >= 11 is 3.26. The first kappa shape index (κ1) is 14.3. The van der Waals surface area contributed by atoms with Gasteiger partial charge in [-0.3, -0.25) is 4.79 Å². The molecule has 1 aliphatic heterocycles. The highest BCUT2D eigenvalue weighted by Gasteiger charge is 2.30. The fourth-order valence-corrected chi connectivity index (χ4v) is 4.09. The van der Waals surface area contributed by atoms with Gasteiger partial charge < -0.3 is 10.5 Å². The van der Waals surface area contributed by atoms with Gasteiger partial charge in [0.25, 0.3) is 0 Å². The van der Waals surface area contributed by atoms with Crippen LogP contribution in [0.15, 0.2) is 16.6 Å². The van der Waals surface area contributed by atoms with Crippen LogP contribution in [0.2, 0.25) is 0 Å². The molecule has 5 nitrogen and oxygen atoms in total. The van der Waals surface area contributed by atoms with Crippen molar-refractivity contribution in [2.75, 3.05) is 17.2 Å². The molecule has 2 N–H and O–H groups in total. The van der Waals surface area contributed by atoms with E-state index in [0.29, 0.717) is 22.1 Å². The van der Waals surface area contributed by atoms with E-state index in [1.807, 2.05) is 0 Å². The molecule has 0 spiro atoms. The minimum atomic E-state index is -3.03. The normalized spacial score (nSPS) is 21.3. The van der Waals surface area contributed by atoms with E-state index in [-0.39, 0.29) is 23.0 Å². The van der Waals surface area contributed by atoms with Crippen LogP contribution in [0.3, 0.4) is 0 Å². The van der Waals surface area contributed by atoms with Crippen LogP contribution in [0.4, 0.5) is 5.69 Å². The molecule has 1 aromatic carbocycles. The molecule has 0 aliphatic carbocycles. The largest absolute Gasteiger partial charge is 0.486 e.